The van der Waals surface area contributed by atoms with Crippen LogP contribution in [-0.4, -0.2) is 16.9 Å². The number of furan rings is 1. The number of ketones is 1. The molecule has 1 heterocycles. The monoisotopic (exact) mass is 194 g/mol. The summed E-state index contributed by atoms with van der Waals surface area (Å²) in [6.45, 7) is 1.33. The number of rotatable bonds is 4. The first-order valence-corrected chi connectivity index (χ1v) is 4.06. The number of carboxylic acid groups (broad SMARTS) is 1. The lowest BCUT2D eigenvalue weighted by Gasteiger charge is -1.97. The van der Waals surface area contributed by atoms with E-state index in [9.17, 15) is 9.59 Å². The zero-order valence-corrected chi connectivity index (χ0v) is 7.69. The Morgan fingerprint density at radius 3 is 2.71 bits per heavy atom. The molecule has 74 valence electrons. The Balaban J connectivity index is 2.88. The van der Waals surface area contributed by atoms with Gasteiger partial charge in [-0.25, -0.2) is 0 Å². The lowest BCUT2D eigenvalue weighted by molar-refractivity contribution is -0.136. The van der Waals surface area contributed by atoms with Gasteiger partial charge in [-0.2, -0.15) is 0 Å². The molecular weight excluding hydrogens is 184 g/mol. The van der Waals surface area contributed by atoms with Crippen molar-refractivity contribution in [2.75, 3.05) is 0 Å². The molecule has 1 aromatic rings. The summed E-state index contributed by atoms with van der Waals surface area (Å²) in [4.78, 5) is 21.5. The number of carbonyl (C=O) groups is 2. The van der Waals surface area contributed by atoms with E-state index >= 15 is 0 Å². The maximum Gasteiger partial charge on any atom is 0.307 e. The van der Waals surface area contributed by atoms with E-state index in [1.54, 1.807) is 12.1 Å². The molecule has 0 spiro atoms. The quantitative estimate of drug-likeness (QED) is 0.741. The number of Topliss-reactive ketones (excluding diaryl/α,β-unsaturated/α-hetero) is 1. The van der Waals surface area contributed by atoms with Gasteiger partial charge in [0.05, 0.1) is 12.7 Å². The zero-order valence-electron chi connectivity index (χ0n) is 7.69. The fraction of sp³-hybridized carbons (Fsp3) is 0.200. The van der Waals surface area contributed by atoms with Crippen molar-refractivity contribution in [3.63, 3.8) is 0 Å². The normalized spacial score (nSPS) is 11.4. The van der Waals surface area contributed by atoms with E-state index in [4.69, 9.17) is 9.52 Å². The molecule has 0 aliphatic rings. The molecule has 1 aromatic heterocycles. The highest BCUT2D eigenvalue weighted by molar-refractivity contribution is 6.01. The first-order chi connectivity index (χ1) is 6.59. The van der Waals surface area contributed by atoms with E-state index in [2.05, 4.69) is 0 Å². The number of hydrogen-bond donors (Lipinski definition) is 1. The topological polar surface area (TPSA) is 67.5 Å². The summed E-state index contributed by atoms with van der Waals surface area (Å²) >= 11 is 0. The van der Waals surface area contributed by atoms with Gasteiger partial charge in [0.1, 0.15) is 5.76 Å². The van der Waals surface area contributed by atoms with Crippen LogP contribution in [-0.2, 0) is 9.59 Å². The summed E-state index contributed by atoms with van der Waals surface area (Å²) in [5.74, 6) is -0.807. The van der Waals surface area contributed by atoms with Gasteiger partial charge in [-0.05, 0) is 25.1 Å². The lowest BCUT2D eigenvalue weighted by atomic mass is 10.1. The van der Waals surface area contributed by atoms with Crippen LogP contribution in [0.15, 0.2) is 28.4 Å². The van der Waals surface area contributed by atoms with Crippen molar-refractivity contribution >= 4 is 17.8 Å². The summed E-state index contributed by atoms with van der Waals surface area (Å²) in [5.41, 5.74) is 0.229. The van der Waals surface area contributed by atoms with Crippen LogP contribution in [0.5, 0.6) is 0 Å². The summed E-state index contributed by atoms with van der Waals surface area (Å²) < 4.78 is 4.97. The molecule has 1 N–H and O–H groups in total. The molecule has 0 amide bonds. The van der Waals surface area contributed by atoms with E-state index in [-0.39, 0.29) is 17.8 Å². The Kier molecular flexibility index (Phi) is 3.23. The Morgan fingerprint density at radius 1 is 1.57 bits per heavy atom. The highest BCUT2D eigenvalue weighted by Gasteiger charge is 2.09. The number of aliphatic carboxylic acids is 1. The third kappa shape index (κ3) is 2.90. The second-order valence-corrected chi connectivity index (χ2v) is 2.81. The van der Waals surface area contributed by atoms with Gasteiger partial charge in [-0.15, -0.1) is 0 Å². The molecule has 0 bridgehead atoms. The van der Waals surface area contributed by atoms with Crippen LogP contribution < -0.4 is 0 Å². The average molecular weight is 194 g/mol. The number of carboxylic acids is 1. The highest BCUT2D eigenvalue weighted by atomic mass is 16.4. The van der Waals surface area contributed by atoms with Gasteiger partial charge in [0, 0.05) is 5.57 Å². The molecule has 1 rings (SSSR count). The van der Waals surface area contributed by atoms with Crippen molar-refractivity contribution in [2.24, 2.45) is 0 Å². The second kappa shape index (κ2) is 4.41. The van der Waals surface area contributed by atoms with Gasteiger partial charge < -0.3 is 9.52 Å². The number of carbonyl (C=O) groups excluding carboxylic acids is 1. The largest absolute Gasteiger partial charge is 0.481 e. The van der Waals surface area contributed by atoms with Crippen molar-refractivity contribution in [1.82, 2.24) is 0 Å². The second-order valence-electron chi connectivity index (χ2n) is 2.81. The molecule has 0 aliphatic carbocycles. The van der Waals surface area contributed by atoms with Crippen LogP contribution in [0.1, 0.15) is 19.1 Å². The van der Waals surface area contributed by atoms with E-state index in [0.29, 0.717) is 5.76 Å². The maximum absolute atomic E-state index is 11.0. The van der Waals surface area contributed by atoms with Crippen LogP contribution >= 0.6 is 0 Å². The van der Waals surface area contributed by atoms with Crippen molar-refractivity contribution in [3.05, 3.63) is 29.7 Å². The Morgan fingerprint density at radius 2 is 2.29 bits per heavy atom. The lowest BCUT2D eigenvalue weighted by Crippen LogP contribution is -2.03. The smallest absolute Gasteiger partial charge is 0.307 e. The Labute approximate surface area is 80.8 Å². The first-order valence-electron chi connectivity index (χ1n) is 4.06. The van der Waals surface area contributed by atoms with Gasteiger partial charge in [0.15, 0.2) is 5.78 Å². The van der Waals surface area contributed by atoms with Crippen molar-refractivity contribution in [1.29, 1.82) is 0 Å². The molecule has 0 saturated carbocycles. The van der Waals surface area contributed by atoms with E-state index in [1.807, 2.05) is 0 Å². The molecule has 0 radical (unpaired) electrons. The fourth-order valence-electron chi connectivity index (χ4n) is 0.985. The SMILES string of the molecule is CC(=O)/C(=C\c1ccco1)CC(=O)O. The maximum atomic E-state index is 11.0. The van der Waals surface area contributed by atoms with Crippen LogP contribution in [0, 0.1) is 0 Å². The van der Waals surface area contributed by atoms with Gasteiger partial charge in [0.25, 0.3) is 0 Å². The van der Waals surface area contributed by atoms with Crippen LogP contribution in [0.2, 0.25) is 0 Å². The molecule has 4 heteroatoms. The van der Waals surface area contributed by atoms with Gasteiger partial charge in [0.2, 0.25) is 0 Å². The van der Waals surface area contributed by atoms with E-state index < -0.39 is 5.97 Å². The molecule has 14 heavy (non-hydrogen) atoms. The summed E-state index contributed by atoms with van der Waals surface area (Å²) in [6.07, 6.45) is 2.62. The number of hydrogen-bond acceptors (Lipinski definition) is 3. The highest BCUT2D eigenvalue weighted by Crippen LogP contribution is 2.11. The molecule has 0 saturated heterocycles. The molecule has 4 nitrogen and oxygen atoms in total. The van der Waals surface area contributed by atoms with E-state index in [1.165, 1.54) is 19.3 Å². The minimum Gasteiger partial charge on any atom is -0.481 e. The van der Waals surface area contributed by atoms with Crippen molar-refractivity contribution < 1.29 is 19.1 Å². The molecule has 0 unspecified atom stereocenters. The summed E-state index contributed by atoms with van der Waals surface area (Å²) in [6, 6.07) is 3.33. The summed E-state index contributed by atoms with van der Waals surface area (Å²) in [7, 11) is 0. The Hall–Kier alpha value is -1.84. The first kappa shape index (κ1) is 10.2. The molecule has 0 fully saturated rings. The zero-order chi connectivity index (χ0) is 10.6. The Bertz CT molecular complexity index is 359. The minimum atomic E-state index is -1.03. The molecule has 0 aromatic carbocycles. The molecule has 0 aliphatic heterocycles. The van der Waals surface area contributed by atoms with Crippen LogP contribution in [0.25, 0.3) is 6.08 Å². The average Bonchev–Trinajstić information content (AvgIpc) is 2.54. The van der Waals surface area contributed by atoms with Crippen LogP contribution in [0.4, 0.5) is 0 Å². The fourth-order valence-corrected chi connectivity index (χ4v) is 0.985. The van der Waals surface area contributed by atoms with Crippen molar-refractivity contribution in [2.45, 2.75) is 13.3 Å². The molecule has 0 atom stereocenters. The van der Waals surface area contributed by atoms with Gasteiger partial charge >= 0.3 is 5.97 Å². The minimum absolute atomic E-state index is 0.229. The summed E-state index contributed by atoms with van der Waals surface area (Å²) in [5, 5.41) is 8.54. The third-order valence-electron chi connectivity index (χ3n) is 1.65. The van der Waals surface area contributed by atoms with Gasteiger partial charge in [-0.3, -0.25) is 9.59 Å². The van der Waals surface area contributed by atoms with E-state index in [0.717, 1.165) is 0 Å². The van der Waals surface area contributed by atoms with Gasteiger partial charge in [-0.1, -0.05) is 0 Å². The third-order valence-corrected chi connectivity index (χ3v) is 1.65. The molecular formula is C10H10O4. The predicted octanol–water partition coefficient (Wildman–Crippen LogP) is 1.73. The predicted molar refractivity (Wildman–Crippen MR) is 49.6 cm³/mol. The van der Waals surface area contributed by atoms with Crippen LogP contribution in [0.3, 0.4) is 0 Å². The standard InChI is InChI=1S/C10H10O4/c1-7(11)8(6-10(12)13)5-9-3-2-4-14-9/h2-5H,6H2,1H3,(H,12,13)/b8-5-. The van der Waals surface area contributed by atoms with Crippen molar-refractivity contribution in [3.8, 4) is 0 Å².